The van der Waals surface area contributed by atoms with Gasteiger partial charge in [0.05, 0.1) is 0 Å². The van der Waals surface area contributed by atoms with Gasteiger partial charge in [-0.1, -0.05) is 98.7 Å². The second-order valence-corrected chi connectivity index (χ2v) is 3.55. The highest BCUT2D eigenvalue weighted by Crippen LogP contribution is 1.92. The molecule has 0 aromatic heterocycles. The Balaban J connectivity index is -0.0000000579. The maximum absolute atomic E-state index is 2.31. The Bertz CT molecular complexity index is 206. The van der Waals surface area contributed by atoms with E-state index < -0.39 is 0 Å². The highest BCUT2D eigenvalue weighted by molar-refractivity contribution is 5.11. The van der Waals surface area contributed by atoms with Crippen LogP contribution in [0.2, 0.25) is 0 Å². The first-order valence-electron chi connectivity index (χ1n) is 8.40. The number of hydrogen-bond acceptors (Lipinski definition) is 1. The topological polar surface area (TPSA) is 3.24 Å². The zero-order valence-electron chi connectivity index (χ0n) is 16.0. The van der Waals surface area contributed by atoms with Gasteiger partial charge in [0.2, 0.25) is 0 Å². The standard InChI is InChI=1S/C7H8.C6H15N.3C2H6.CH4/c1-7-5-3-2-4-6-7;1-4-6-7(3)5-2;3*1-2;/h2-6H,1H3;4-6H2,1-3H3;3*1-2H3;1H4. The van der Waals surface area contributed by atoms with Crippen LogP contribution in [0.25, 0.3) is 0 Å². The van der Waals surface area contributed by atoms with Gasteiger partial charge in [-0.3, -0.25) is 0 Å². The zero-order chi connectivity index (χ0) is 16.8. The lowest BCUT2D eigenvalue weighted by Gasteiger charge is -2.10. The van der Waals surface area contributed by atoms with Crippen molar-refractivity contribution in [3.63, 3.8) is 0 Å². The summed E-state index contributed by atoms with van der Waals surface area (Å²) in [5, 5.41) is 0. The van der Waals surface area contributed by atoms with Gasteiger partial charge in [0, 0.05) is 0 Å². The van der Waals surface area contributed by atoms with Crippen LogP contribution in [0.1, 0.15) is 74.8 Å². The molecule has 0 radical (unpaired) electrons. The molecule has 0 N–H and O–H groups in total. The molecule has 1 nitrogen and oxygen atoms in total. The lowest BCUT2D eigenvalue weighted by molar-refractivity contribution is 0.353. The van der Waals surface area contributed by atoms with Crippen LogP contribution in [0.3, 0.4) is 0 Å². The van der Waals surface area contributed by atoms with Crippen LogP contribution in [-0.2, 0) is 0 Å². The molecule has 0 heterocycles. The molecule has 0 bridgehead atoms. The minimum atomic E-state index is 0. The Labute approximate surface area is 137 Å². The van der Waals surface area contributed by atoms with E-state index in [2.05, 4.69) is 44.9 Å². The third kappa shape index (κ3) is 38.2. The second-order valence-electron chi connectivity index (χ2n) is 3.55. The number of benzene rings is 1. The van der Waals surface area contributed by atoms with Gasteiger partial charge in [0.1, 0.15) is 0 Å². The summed E-state index contributed by atoms with van der Waals surface area (Å²) in [7, 11) is 2.14. The molecule has 1 heteroatoms. The summed E-state index contributed by atoms with van der Waals surface area (Å²) in [6.45, 7) is 20.9. The molecule has 0 aliphatic rings. The van der Waals surface area contributed by atoms with Crippen molar-refractivity contribution in [1.82, 2.24) is 4.90 Å². The summed E-state index contributed by atoms with van der Waals surface area (Å²) in [5.74, 6) is 0. The van der Waals surface area contributed by atoms with Crippen LogP contribution in [0.5, 0.6) is 0 Å². The van der Waals surface area contributed by atoms with Crippen LogP contribution in [0.4, 0.5) is 0 Å². The van der Waals surface area contributed by atoms with E-state index in [0.717, 1.165) is 0 Å². The maximum atomic E-state index is 2.31. The lowest BCUT2D eigenvalue weighted by atomic mass is 10.2. The molecule has 0 aliphatic heterocycles. The van der Waals surface area contributed by atoms with Gasteiger partial charge in [-0.05, 0) is 33.5 Å². The Morgan fingerprint density at radius 2 is 1.19 bits per heavy atom. The Morgan fingerprint density at radius 3 is 1.33 bits per heavy atom. The van der Waals surface area contributed by atoms with E-state index in [1.165, 1.54) is 25.1 Å². The molecule has 1 rings (SSSR count). The van der Waals surface area contributed by atoms with E-state index >= 15 is 0 Å². The van der Waals surface area contributed by atoms with Gasteiger partial charge in [-0.25, -0.2) is 0 Å². The fourth-order valence-corrected chi connectivity index (χ4v) is 1.07. The smallest absolute Gasteiger partial charge is 0.00245 e. The average Bonchev–Trinajstić information content (AvgIpc) is 2.55. The minimum Gasteiger partial charge on any atom is -0.307 e. The molecular formula is C20H45N. The van der Waals surface area contributed by atoms with E-state index in [0.29, 0.717) is 0 Å². The summed E-state index contributed by atoms with van der Waals surface area (Å²) in [6, 6.07) is 10.3. The normalized spacial score (nSPS) is 7.19. The van der Waals surface area contributed by atoms with Crippen LogP contribution in [-0.4, -0.2) is 25.0 Å². The predicted octanol–water partition coefficient (Wildman–Crippen LogP) is 7.06. The molecule has 130 valence electrons. The first-order chi connectivity index (χ1) is 9.70. The quantitative estimate of drug-likeness (QED) is 0.577. The Hall–Kier alpha value is -0.820. The zero-order valence-corrected chi connectivity index (χ0v) is 16.0. The summed E-state index contributed by atoms with van der Waals surface area (Å²) in [6.07, 6.45) is 1.27. The largest absolute Gasteiger partial charge is 0.307 e. The van der Waals surface area contributed by atoms with Crippen LogP contribution >= 0.6 is 0 Å². The molecule has 0 aliphatic carbocycles. The molecule has 1 aromatic carbocycles. The van der Waals surface area contributed by atoms with Crippen LogP contribution in [0.15, 0.2) is 30.3 Å². The predicted molar refractivity (Wildman–Crippen MR) is 105 cm³/mol. The summed E-state index contributed by atoms with van der Waals surface area (Å²) in [5.41, 5.74) is 1.32. The molecule has 1 aromatic rings. The van der Waals surface area contributed by atoms with Crippen molar-refractivity contribution in [2.45, 2.75) is 76.2 Å². The van der Waals surface area contributed by atoms with Gasteiger partial charge < -0.3 is 4.90 Å². The SMILES string of the molecule is C.CC.CC.CC.CCCN(C)CC.Cc1ccccc1. The molecule has 21 heavy (non-hydrogen) atoms. The number of rotatable bonds is 3. The van der Waals surface area contributed by atoms with Crippen molar-refractivity contribution in [3.05, 3.63) is 35.9 Å². The molecule has 0 atom stereocenters. The van der Waals surface area contributed by atoms with E-state index in [1.807, 2.05) is 59.7 Å². The average molecular weight is 300 g/mol. The summed E-state index contributed by atoms with van der Waals surface area (Å²) >= 11 is 0. The van der Waals surface area contributed by atoms with Crippen molar-refractivity contribution >= 4 is 0 Å². The maximum Gasteiger partial charge on any atom is -0.00245 e. The summed E-state index contributed by atoms with van der Waals surface area (Å²) in [4.78, 5) is 2.31. The van der Waals surface area contributed by atoms with Crippen molar-refractivity contribution < 1.29 is 0 Å². The number of aryl methyl sites for hydroxylation is 1. The summed E-state index contributed by atoms with van der Waals surface area (Å²) < 4.78 is 0. The van der Waals surface area contributed by atoms with E-state index in [9.17, 15) is 0 Å². The van der Waals surface area contributed by atoms with Gasteiger partial charge in [0.15, 0.2) is 0 Å². The van der Waals surface area contributed by atoms with Gasteiger partial charge in [0.25, 0.3) is 0 Å². The van der Waals surface area contributed by atoms with E-state index in [-0.39, 0.29) is 7.43 Å². The Kier molecular flexibility index (Phi) is 56.0. The van der Waals surface area contributed by atoms with Crippen molar-refractivity contribution in [1.29, 1.82) is 0 Å². The first kappa shape index (κ1) is 32.2. The first-order valence-corrected chi connectivity index (χ1v) is 8.40. The van der Waals surface area contributed by atoms with E-state index in [1.54, 1.807) is 0 Å². The highest BCUT2D eigenvalue weighted by atomic mass is 15.1. The van der Waals surface area contributed by atoms with Gasteiger partial charge in [-0.2, -0.15) is 0 Å². The van der Waals surface area contributed by atoms with Crippen LogP contribution < -0.4 is 0 Å². The second kappa shape index (κ2) is 36.5. The molecule has 0 amide bonds. The lowest BCUT2D eigenvalue weighted by Crippen LogP contribution is -2.17. The van der Waals surface area contributed by atoms with Crippen molar-refractivity contribution in [3.8, 4) is 0 Å². The van der Waals surface area contributed by atoms with Gasteiger partial charge >= 0.3 is 0 Å². The number of nitrogens with zero attached hydrogens (tertiary/aromatic N) is 1. The molecule has 0 unspecified atom stereocenters. The molecule has 0 fully saturated rings. The molecule has 0 saturated carbocycles. The fourth-order valence-electron chi connectivity index (χ4n) is 1.07. The molecular weight excluding hydrogens is 254 g/mol. The number of hydrogen-bond donors (Lipinski definition) is 0. The third-order valence-corrected chi connectivity index (χ3v) is 2.09. The van der Waals surface area contributed by atoms with Crippen molar-refractivity contribution in [2.24, 2.45) is 0 Å². The molecule has 0 saturated heterocycles. The molecule has 0 spiro atoms. The van der Waals surface area contributed by atoms with E-state index in [4.69, 9.17) is 0 Å². The minimum absolute atomic E-state index is 0. The van der Waals surface area contributed by atoms with Gasteiger partial charge in [-0.15, -0.1) is 0 Å². The monoisotopic (exact) mass is 299 g/mol. The third-order valence-electron chi connectivity index (χ3n) is 2.09. The van der Waals surface area contributed by atoms with Crippen molar-refractivity contribution in [2.75, 3.05) is 20.1 Å². The fraction of sp³-hybridized carbons (Fsp3) is 0.700. The highest BCUT2D eigenvalue weighted by Gasteiger charge is 1.86. The Morgan fingerprint density at radius 1 is 0.810 bits per heavy atom. The van der Waals surface area contributed by atoms with Crippen LogP contribution in [0, 0.1) is 6.92 Å².